The molecule has 0 atom stereocenters. The van der Waals surface area contributed by atoms with E-state index in [0.717, 1.165) is 22.9 Å². The summed E-state index contributed by atoms with van der Waals surface area (Å²) >= 11 is 0. The number of nitrogens with zero attached hydrogens (tertiary/aromatic N) is 6. The molecule has 0 saturated heterocycles. The molecular weight excluding hydrogens is 857 g/mol. The maximum atomic E-state index is 7.29. The van der Waals surface area contributed by atoms with Crippen molar-refractivity contribution in [2.75, 3.05) is 0 Å². The average Bonchev–Trinajstić information content (AvgIpc) is 4.25. The van der Waals surface area contributed by atoms with E-state index in [2.05, 4.69) is 234 Å². The number of hydrogen-bond donors (Lipinski definition) is 0. The highest BCUT2D eigenvalue weighted by atomic mass is 16.5. The smallest absolute Gasteiger partial charge is 0.455 e. The van der Waals surface area contributed by atoms with Gasteiger partial charge < -0.3 is 13.9 Å². The SMILES string of the molecule is c1ccc(-n2c3ccccc3c3cc4c5ccc6c7c5n5c(c4cc32)c2ccccc2[n+]5C72c3c(ccc4c5cc7c8ccccc8n(-c8ccccc8)c7cc5c5c7ccccc7[n+]2n5c34)O6)cc1. The Bertz CT molecular complexity index is 4880. The highest BCUT2D eigenvalue weighted by Gasteiger charge is 2.73. The molecule has 9 heterocycles. The third-order valence-corrected chi connectivity index (χ3v) is 16.6. The molecule has 0 bridgehead atoms. The van der Waals surface area contributed by atoms with Crippen LogP contribution in [0.5, 0.6) is 11.5 Å². The molecule has 3 aliphatic rings. The van der Waals surface area contributed by atoms with Crippen LogP contribution in [0.1, 0.15) is 11.1 Å². The predicted octanol–water partition coefficient (Wildman–Crippen LogP) is 13.9. The van der Waals surface area contributed by atoms with Gasteiger partial charge >= 0.3 is 5.66 Å². The van der Waals surface area contributed by atoms with Crippen LogP contribution in [0, 0.1) is 0 Å². The molecule has 3 aliphatic heterocycles. The molecule has 6 aromatic heterocycles. The van der Waals surface area contributed by atoms with E-state index < -0.39 is 5.66 Å². The van der Waals surface area contributed by atoms with Crippen molar-refractivity contribution < 1.29 is 14.1 Å². The lowest BCUT2D eigenvalue weighted by atomic mass is 9.84. The standard InChI is InChI=1S/C63H34N6O/c1-3-15-35(16-4-1)64-49-23-11-7-19-37(49)45-31-43-39-27-29-55-57-61(39)66-59(47(43)33-53(45)64)41-21-9-13-25-51(41)68(66)63(57)58-56(70-55)30-28-40-44-32-46-38-20-8-12-24-50(38)65(36-17-5-2-6-18-36)54(46)34-48(44)60-42-22-10-14-26-52(42)69(63)67(60)62(40)58/h1-34H/q+2. The van der Waals surface area contributed by atoms with E-state index in [-0.39, 0.29) is 0 Å². The second-order valence-corrected chi connectivity index (χ2v) is 19.6. The van der Waals surface area contributed by atoms with Crippen LogP contribution in [0.4, 0.5) is 0 Å². The molecule has 0 N–H and O–H groups in total. The van der Waals surface area contributed by atoms with Crippen molar-refractivity contribution in [3.05, 3.63) is 217 Å². The van der Waals surface area contributed by atoms with E-state index in [9.17, 15) is 0 Å². The minimum Gasteiger partial charge on any atom is -0.455 e. The lowest BCUT2D eigenvalue weighted by molar-refractivity contribution is -0.992. The van der Waals surface area contributed by atoms with Crippen molar-refractivity contribution in [1.82, 2.24) is 18.2 Å². The van der Waals surface area contributed by atoms with E-state index in [1.54, 1.807) is 0 Å². The Hall–Kier alpha value is -9.46. The number of aromatic nitrogens is 6. The normalized spacial score (nSPS) is 14.2. The van der Waals surface area contributed by atoms with Gasteiger partial charge in [-0.05, 0) is 117 Å². The zero-order valence-corrected chi connectivity index (χ0v) is 37.2. The second-order valence-electron chi connectivity index (χ2n) is 19.6. The molecule has 7 nitrogen and oxygen atoms in total. The van der Waals surface area contributed by atoms with Crippen molar-refractivity contribution in [2.24, 2.45) is 0 Å². The Balaban J connectivity index is 1.03. The Morgan fingerprint density at radius 2 is 0.714 bits per heavy atom. The number of ether oxygens (including phenoxy) is 1. The van der Waals surface area contributed by atoms with Crippen LogP contribution in [0.15, 0.2) is 206 Å². The van der Waals surface area contributed by atoms with E-state index in [0.29, 0.717) is 0 Å². The summed E-state index contributed by atoms with van der Waals surface area (Å²) in [6.07, 6.45) is 0. The van der Waals surface area contributed by atoms with Crippen molar-refractivity contribution in [3.63, 3.8) is 0 Å². The molecule has 0 saturated carbocycles. The first kappa shape index (κ1) is 34.8. The van der Waals surface area contributed by atoms with Gasteiger partial charge in [0.1, 0.15) is 33.6 Å². The van der Waals surface area contributed by atoms with Crippen LogP contribution in [-0.2, 0) is 5.66 Å². The first-order valence-corrected chi connectivity index (χ1v) is 24.2. The van der Waals surface area contributed by atoms with Gasteiger partial charge in [0.05, 0.1) is 32.8 Å². The van der Waals surface area contributed by atoms with Gasteiger partial charge in [0, 0.05) is 66.6 Å². The summed E-state index contributed by atoms with van der Waals surface area (Å²) in [5.41, 5.74) is 15.7. The first-order chi connectivity index (χ1) is 34.8. The van der Waals surface area contributed by atoms with Crippen LogP contribution < -0.4 is 14.1 Å². The van der Waals surface area contributed by atoms with Crippen LogP contribution in [0.3, 0.4) is 0 Å². The van der Waals surface area contributed by atoms with E-state index in [4.69, 9.17) is 4.74 Å². The summed E-state index contributed by atoms with van der Waals surface area (Å²) in [6.45, 7) is 0. The number of benzene rings is 10. The van der Waals surface area contributed by atoms with Crippen molar-refractivity contribution in [3.8, 4) is 22.9 Å². The third-order valence-electron chi connectivity index (χ3n) is 16.6. The molecule has 0 amide bonds. The monoisotopic (exact) mass is 890 g/mol. The zero-order valence-electron chi connectivity index (χ0n) is 37.2. The van der Waals surface area contributed by atoms with E-state index in [1.807, 2.05) is 0 Å². The number of para-hydroxylation sites is 6. The largest absolute Gasteiger partial charge is 0.470 e. The molecule has 19 rings (SSSR count). The third kappa shape index (κ3) is 3.58. The highest BCUT2D eigenvalue weighted by molar-refractivity contribution is 6.27. The Morgan fingerprint density at radius 3 is 1.19 bits per heavy atom. The van der Waals surface area contributed by atoms with E-state index in [1.165, 1.54) is 131 Å². The van der Waals surface area contributed by atoms with Crippen LogP contribution in [0.25, 0.3) is 131 Å². The number of fused-ring (bicyclic) bond motifs is 18. The minimum absolute atomic E-state index is 0.851. The average molecular weight is 891 g/mol. The zero-order chi connectivity index (χ0) is 44.9. The lowest BCUT2D eigenvalue weighted by Gasteiger charge is -2.24. The van der Waals surface area contributed by atoms with Gasteiger partial charge in [0.2, 0.25) is 11.0 Å². The molecule has 7 heteroatoms. The number of hydrogen-bond acceptors (Lipinski definition) is 1. The minimum atomic E-state index is -0.851. The van der Waals surface area contributed by atoms with Gasteiger partial charge in [-0.15, -0.1) is 9.03 Å². The molecule has 320 valence electrons. The topological polar surface area (TPSA) is 35.7 Å². The molecule has 0 radical (unpaired) electrons. The van der Waals surface area contributed by atoms with Gasteiger partial charge in [0.15, 0.2) is 11.1 Å². The molecule has 1 spiro atoms. The van der Waals surface area contributed by atoms with Gasteiger partial charge in [-0.3, -0.25) is 0 Å². The Kier molecular flexibility index (Phi) is 5.69. The molecule has 0 unspecified atom stereocenters. The molecule has 0 aliphatic carbocycles. The highest BCUT2D eigenvalue weighted by Crippen LogP contribution is 2.58. The van der Waals surface area contributed by atoms with Gasteiger partial charge in [0.25, 0.3) is 0 Å². The van der Waals surface area contributed by atoms with Crippen molar-refractivity contribution in [1.29, 1.82) is 0 Å². The second kappa shape index (κ2) is 11.4. The fraction of sp³-hybridized carbons (Fsp3) is 0.0159. The van der Waals surface area contributed by atoms with Gasteiger partial charge in [-0.2, -0.15) is 0 Å². The molecular formula is C63H34N6O+2. The van der Waals surface area contributed by atoms with Crippen molar-refractivity contribution in [2.45, 2.75) is 5.66 Å². The lowest BCUT2D eigenvalue weighted by Crippen LogP contribution is -2.74. The number of pyridine rings is 2. The summed E-state index contributed by atoms with van der Waals surface area (Å²) in [4.78, 5) is 0. The van der Waals surface area contributed by atoms with Crippen LogP contribution in [0.2, 0.25) is 0 Å². The molecule has 70 heavy (non-hydrogen) atoms. The van der Waals surface area contributed by atoms with E-state index >= 15 is 0 Å². The Morgan fingerprint density at radius 1 is 0.300 bits per heavy atom. The Labute approximate surface area is 396 Å². The molecule has 0 fully saturated rings. The maximum Gasteiger partial charge on any atom is 0.470 e. The van der Waals surface area contributed by atoms with Crippen LogP contribution in [-0.4, -0.2) is 18.2 Å². The fourth-order valence-electron chi connectivity index (χ4n) is 14.1. The van der Waals surface area contributed by atoms with Crippen LogP contribution >= 0.6 is 0 Å². The number of rotatable bonds is 2. The predicted molar refractivity (Wildman–Crippen MR) is 281 cm³/mol. The first-order valence-electron chi connectivity index (χ1n) is 24.2. The quantitative estimate of drug-likeness (QED) is 0.126. The maximum absolute atomic E-state index is 7.29. The summed E-state index contributed by atoms with van der Waals surface area (Å²) in [6, 6.07) is 76.6. The molecule has 10 aromatic carbocycles. The summed E-state index contributed by atoms with van der Waals surface area (Å²) < 4.78 is 22.6. The fourth-order valence-corrected chi connectivity index (χ4v) is 14.1. The van der Waals surface area contributed by atoms with Crippen molar-refractivity contribution >= 4 is 120 Å². The molecule has 16 aromatic rings. The summed E-state index contributed by atoms with van der Waals surface area (Å²) in [7, 11) is 0. The summed E-state index contributed by atoms with van der Waals surface area (Å²) in [5.74, 6) is 1.78. The van der Waals surface area contributed by atoms with Gasteiger partial charge in [-0.25, -0.2) is 0 Å². The van der Waals surface area contributed by atoms with Gasteiger partial charge in [-0.1, -0.05) is 97.1 Å². The summed E-state index contributed by atoms with van der Waals surface area (Å²) in [5, 5.41) is 14.7.